The van der Waals surface area contributed by atoms with Crippen LogP contribution in [0.25, 0.3) is 0 Å². The summed E-state index contributed by atoms with van der Waals surface area (Å²) in [5, 5.41) is 3.20. The van der Waals surface area contributed by atoms with Crippen LogP contribution >= 0.6 is 0 Å². The van der Waals surface area contributed by atoms with Crippen molar-refractivity contribution in [2.24, 2.45) is 0 Å². The molecule has 0 aliphatic rings. The van der Waals surface area contributed by atoms with Gasteiger partial charge in [-0.05, 0) is 19.9 Å². The Bertz CT molecular complexity index is 105. The minimum atomic E-state index is 0.477. The average Bonchev–Trinajstić information content (AvgIpc) is 2.22. The minimum absolute atomic E-state index is 0.477. The lowest BCUT2D eigenvalue weighted by Crippen LogP contribution is -2.30. The highest BCUT2D eigenvalue weighted by Crippen LogP contribution is 1.92. The molecular formula is C11H25NO2. The van der Waals surface area contributed by atoms with Gasteiger partial charge in [0.05, 0.1) is 19.8 Å². The van der Waals surface area contributed by atoms with Crippen LogP contribution in [0.5, 0.6) is 0 Å². The van der Waals surface area contributed by atoms with E-state index in [1.165, 1.54) is 6.42 Å². The highest BCUT2D eigenvalue weighted by molar-refractivity contribution is 4.59. The second-order valence-electron chi connectivity index (χ2n) is 3.43. The van der Waals surface area contributed by atoms with Gasteiger partial charge in [0.1, 0.15) is 0 Å². The number of rotatable bonds is 10. The van der Waals surface area contributed by atoms with E-state index in [2.05, 4.69) is 19.2 Å². The molecule has 0 rings (SSSR count). The predicted molar refractivity (Wildman–Crippen MR) is 59.7 cm³/mol. The van der Waals surface area contributed by atoms with Crippen LogP contribution in [0, 0.1) is 0 Å². The molecule has 1 atom stereocenters. The molecule has 3 heteroatoms. The Labute approximate surface area is 88.2 Å². The molecule has 0 aromatic carbocycles. The molecule has 1 N–H and O–H groups in total. The first kappa shape index (κ1) is 13.9. The van der Waals surface area contributed by atoms with Crippen molar-refractivity contribution in [3.63, 3.8) is 0 Å². The number of unbranched alkanes of at least 4 members (excludes halogenated alkanes) is 1. The average molecular weight is 203 g/mol. The Morgan fingerprint density at radius 3 is 2.36 bits per heavy atom. The van der Waals surface area contributed by atoms with Crippen LogP contribution in [0.4, 0.5) is 0 Å². The molecule has 0 heterocycles. The lowest BCUT2D eigenvalue weighted by atomic mass is 10.2. The lowest BCUT2D eigenvalue weighted by Gasteiger charge is -2.13. The Hall–Kier alpha value is -0.120. The van der Waals surface area contributed by atoms with Crippen LogP contribution in [0.1, 0.15) is 33.1 Å². The highest BCUT2D eigenvalue weighted by Gasteiger charge is 2.01. The molecule has 0 fully saturated rings. The Morgan fingerprint density at radius 2 is 1.79 bits per heavy atom. The third kappa shape index (κ3) is 8.48. The summed E-state index contributed by atoms with van der Waals surface area (Å²) < 4.78 is 10.8. The van der Waals surface area contributed by atoms with E-state index in [-0.39, 0.29) is 0 Å². The van der Waals surface area contributed by atoms with E-state index in [0.717, 1.165) is 32.7 Å². The summed E-state index contributed by atoms with van der Waals surface area (Å²) >= 11 is 0. The minimum Gasteiger partial charge on any atom is -0.379 e. The van der Waals surface area contributed by atoms with Crippen molar-refractivity contribution >= 4 is 0 Å². The summed E-state index contributed by atoms with van der Waals surface area (Å²) in [6.07, 6.45) is 3.44. The molecule has 3 nitrogen and oxygen atoms in total. The summed E-state index contributed by atoms with van der Waals surface area (Å²) in [4.78, 5) is 0. The molecule has 0 aromatic heterocycles. The van der Waals surface area contributed by atoms with Crippen LogP contribution in [0.2, 0.25) is 0 Å². The van der Waals surface area contributed by atoms with Crippen molar-refractivity contribution in [2.45, 2.75) is 39.2 Å². The van der Waals surface area contributed by atoms with Gasteiger partial charge in [0.2, 0.25) is 0 Å². The van der Waals surface area contributed by atoms with Crippen LogP contribution in [-0.2, 0) is 9.47 Å². The zero-order valence-corrected chi connectivity index (χ0v) is 9.84. The van der Waals surface area contributed by atoms with Crippen molar-refractivity contribution in [1.29, 1.82) is 0 Å². The zero-order valence-electron chi connectivity index (χ0n) is 9.84. The summed E-state index contributed by atoms with van der Waals surface area (Å²) in [5.41, 5.74) is 0. The molecular weight excluding hydrogens is 178 g/mol. The maximum absolute atomic E-state index is 5.47. The van der Waals surface area contributed by atoms with Crippen LogP contribution in [0.3, 0.4) is 0 Å². The third-order valence-corrected chi connectivity index (χ3v) is 2.23. The van der Waals surface area contributed by atoms with Gasteiger partial charge in [-0.1, -0.05) is 20.3 Å². The van der Waals surface area contributed by atoms with Crippen molar-refractivity contribution in [1.82, 2.24) is 5.32 Å². The fraction of sp³-hybridized carbons (Fsp3) is 1.00. The molecule has 86 valence electrons. The van der Waals surface area contributed by atoms with Gasteiger partial charge in [0, 0.05) is 12.6 Å². The van der Waals surface area contributed by atoms with Gasteiger partial charge in [-0.15, -0.1) is 0 Å². The van der Waals surface area contributed by atoms with Gasteiger partial charge in [-0.25, -0.2) is 0 Å². The molecule has 0 radical (unpaired) electrons. The van der Waals surface area contributed by atoms with Gasteiger partial charge in [-0.2, -0.15) is 0 Å². The fourth-order valence-corrected chi connectivity index (χ4v) is 1.10. The summed E-state index contributed by atoms with van der Waals surface area (Å²) in [5.74, 6) is 0. The Kier molecular flexibility index (Phi) is 10.9. The number of hydrogen-bond donors (Lipinski definition) is 1. The maximum atomic E-state index is 5.47. The smallest absolute Gasteiger partial charge is 0.0701 e. The standard InChI is InChI=1S/C11H25NO2/c1-4-6-7-13-8-9-14-10-11(5-2)12-3/h11-12H,4-10H2,1-3H3. The summed E-state index contributed by atoms with van der Waals surface area (Å²) in [6.45, 7) is 7.40. The summed E-state index contributed by atoms with van der Waals surface area (Å²) in [7, 11) is 1.97. The van der Waals surface area contributed by atoms with Gasteiger partial charge in [-0.3, -0.25) is 0 Å². The molecule has 0 spiro atoms. The SMILES string of the molecule is CCCCOCCOCC(CC)NC. The van der Waals surface area contributed by atoms with Crippen molar-refractivity contribution in [2.75, 3.05) is 33.5 Å². The molecule has 0 saturated carbocycles. The topological polar surface area (TPSA) is 30.5 Å². The molecule has 14 heavy (non-hydrogen) atoms. The van der Waals surface area contributed by atoms with E-state index >= 15 is 0 Å². The molecule has 0 amide bonds. The third-order valence-electron chi connectivity index (χ3n) is 2.23. The maximum Gasteiger partial charge on any atom is 0.0701 e. The van der Waals surface area contributed by atoms with E-state index in [0.29, 0.717) is 12.6 Å². The van der Waals surface area contributed by atoms with E-state index in [4.69, 9.17) is 9.47 Å². The Balaban J connectivity index is 3.04. The van der Waals surface area contributed by atoms with Crippen LogP contribution in [-0.4, -0.2) is 39.5 Å². The number of ether oxygens (including phenoxy) is 2. The molecule has 0 aromatic rings. The largest absolute Gasteiger partial charge is 0.379 e. The monoisotopic (exact) mass is 203 g/mol. The number of hydrogen-bond acceptors (Lipinski definition) is 3. The first-order valence-electron chi connectivity index (χ1n) is 5.67. The Morgan fingerprint density at radius 1 is 1.07 bits per heavy atom. The second-order valence-corrected chi connectivity index (χ2v) is 3.43. The molecule has 0 aliphatic carbocycles. The molecule has 0 aliphatic heterocycles. The molecule has 1 unspecified atom stereocenters. The van der Waals surface area contributed by atoms with E-state index < -0.39 is 0 Å². The van der Waals surface area contributed by atoms with Crippen LogP contribution < -0.4 is 5.32 Å². The number of likely N-dealkylation sites (N-methyl/N-ethyl adjacent to an activating group) is 1. The predicted octanol–water partition coefficient (Wildman–Crippen LogP) is 1.82. The summed E-state index contributed by atoms with van der Waals surface area (Å²) in [6, 6.07) is 0.477. The quantitative estimate of drug-likeness (QED) is 0.549. The van der Waals surface area contributed by atoms with Gasteiger partial charge in [0.25, 0.3) is 0 Å². The van der Waals surface area contributed by atoms with Crippen LogP contribution in [0.15, 0.2) is 0 Å². The first-order chi connectivity index (χ1) is 6.85. The fourth-order valence-electron chi connectivity index (χ4n) is 1.10. The lowest BCUT2D eigenvalue weighted by molar-refractivity contribution is 0.0386. The molecule has 0 saturated heterocycles. The second kappa shape index (κ2) is 11.0. The van der Waals surface area contributed by atoms with Crippen molar-refractivity contribution < 1.29 is 9.47 Å². The van der Waals surface area contributed by atoms with E-state index in [9.17, 15) is 0 Å². The first-order valence-corrected chi connectivity index (χ1v) is 5.67. The van der Waals surface area contributed by atoms with Gasteiger partial charge < -0.3 is 14.8 Å². The van der Waals surface area contributed by atoms with E-state index in [1.54, 1.807) is 0 Å². The zero-order chi connectivity index (χ0) is 10.6. The van der Waals surface area contributed by atoms with E-state index in [1.807, 2.05) is 7.05 Å². The van der Waals surface area contributed by atoms with Gasteiger partial charge in [0.15, 0.2) is 0 Å². The normalized spacial score (nSPS) is 13.1. The van der Waals surface area contributed by atoms with Crippen molar-refractivity contribution in [3.8, 4) is 0 Å². The number of nitrogens with one attached hydrogen (secondary N) is 1. The highest BCUT2D eigenvalue weighted by atomic mass is 16.5. The van der Waals surface area contributed by atoms with Crippen molar-refractivity contribution in [3.05, 3.63) is 0 Å². The molecule has 0 bridgehead atoms. The van der Waals surface area contributed by atoms with Gasteiger partial charge >= 0.3 is 0 Å².